The number of nitro benzene ring substituents is 1. The standard InChI is InChI=1S/C27H17Cl4N3O8/c1-11-7-14(4-6-15(11)33-25(36)19-20(26(33)37)22(29)24(31)23(30)21(19)28)42-27(38)12-8-18(35)32(10-12)16-5-3-13(34(39)40)9-17(16)41-2/h3-7,9,12H,8,10H2,1-2H3/t12-/m1/s1. The predicted octanol–water partition coefficient (Wildman–Crippen LogP) is 6.28. The number of ether oxygens (including phenoxy) is 2. The Kier molecular flexibility index (Phi) is 7.80. The van der Waals surface area contributed by atoms with E-state index in [1.165, 1.54) is 48.4 Å². The predicted molar refractivity (Wildman–Crippen MR) is 155 cm³/mol. The van der Waals surface area contributed by atoms with Gasteiger partial charge in [-0.15, -0.1) is 0 Å². The van der Waals surface area contributed by atoms with Crippen LogP contribution >= 0.6 is 46.4 Å². The third-order valence-electron chi connectivity index (χ3n) is 6.85. The second-order valence-corrected chi connectivity index (χ2v) is 10.9. The first-order chi connectivity index (χ1) is 19.8. The number of rotatable bonds is 6. The third-order valence-corrected chi connectivity index (χ3v) is 8.65. The number of carbonyl (C=O) groups is 4. The van der Waals surface area contributed by atoms with Crippen LogP contribution in [0.15, 0.2) is 36.4 Å². The van der Waals surface area contributed by atoms with Crippen molar-refractivity contribution in [3.8, 4) is 11.5 Å². The largest absolute Gasteiger partial charge is 0.494 e. The van der Waals surface area contributed by atoms with Crippen molar-refractivity contribution >= 4 is 87.2 Å². The van der Waals surface area contributed by atoms with Gasteiger partial charge in [0.05, 0.1) is 66.6 Å². The Labute approximate surface area is 257 Å². The Hall–Kier alpha value is -3.90. The smallest absolute Gasteiger partial charge is 0.316 e. The zero-order chi connectivity index (χ0) is 30.6. The SMILES string of the molecule is COc1cc([N+](=O)[O-])ccc1N1C[C@H](C(=O)Oc2ccc(N3C(=O)c4c(Cl)c(Cl)c(Cl)c(Cl)c4C3=O)c(C)c2)CC1=O. The Bertz CT molecular complexity index is 1700. The van der Waals surface area contributed by atoms with E-state index in [2.05, 4.69) is 0 Å². The van der Waals surface area contributed by atoms with Crippen molar-refractivity contribution in [2.45, 2.75) is 13.3 Å². The molecule has 2 heterocycles. The summed E-state index contributed by atoms with van der Waals surface area (Å²) in [6, 6.07) is 8.07. The van der Waals surface area contributed by atoms with Gasteiger partial charge in [0.25, 0.3) is 17.5 Å². The number of esters is 1. The number of nitro groups is 1. The van der Waals surface area contributed by atoms with Gasteiger partial charge in [-0.05, 0) is 36.8 Å². The van der Waals surface area contributed by atoms with Gasteiger partial charge in [0.1, 0.15) is 11.5 Å². The number of anilines is 2. The van der Waals surface area contributed by atoms with E-state index >= 15 is 0 Å². The van der Waals surface area contributed by atoms with Crippen molar-refractivity contribution in [1.29, 1.82) is 0 Å². The molecular weight excluding hydrogens is 636 g/mol. The molecule has 42 heavy (non-hydrogen) atoms. The molecule has 0 saturated carbocycles. The summed E-state index contributed by atoms with van der Waals surface area (Å²) in [7, 11) is 1.32. The molecule has 1 atom stereocenters. The van der Waals surface area contributed by atoms with Gasteiger partial charge in [0.2, 0.25) is 5.91 Å². The average Bonchev–Trinajstić information content (AvgIpc) is 3.47. The van der Waals surface area contributed by atoms with E-state index in [-0.39, 0.29) is 72.7 Å². The lowest BCUT2D eigenvalue weighted by Crippen LogP contribution is -2.30. The molecule has 0 aliphatic carbocycles. The van der Waals surface area contributed by atoms with Gasteiger partial charge in [0, 0.05) is 19.0 Å². The zero-order valence-electron chi connectivity index (χ0n) is 21.6. The maximum atomic E-state index is 13.2. The lowest BCUT2D eigenvalue weighted by Gasteiger charge is -2.19. The van der Waals surface area contributed by atoms with Gasteiger partial charge in [-0.25, -0.2) is 4.90 Å². The number of halogens is 4. The van der Waals surface area contributed by atoms with E-state index in [4.69, 9.17) is 55.9 Å². The number of fused-ring (bicyclic) bond motifs is 1. The Morgan fingerprint density at radius 3 is 2.07 bits per heavy atom. The molecule has 0 spiro atoms. The van der Waals surface area contributed by atoms with Gasteiger partial charge in [0.15, 0.2) is 0 Å². The lowest BCUT2D eigenvalue weighted by atomic mass is 10.1. The first-order valence-corrected chi connectivity index (χ1v) is 13.6. The molecule has 3 aromatic rings. The molecule has 2 aliphatic rings. The topological polar surface area (TPSA) is 136 Å². The van der Waals surface area contributed by atoms with E-state index in [0.29, 0.717) is 5.56 Å². The van der Waals surface area contributed by atoms with E-state index in [9.17, 15) is 29.3 Å². The summed E-state index contributed by atoms with van der Waals surface area (Å²) >= 11 is 24.6. The Morgan fingerprint density at radius 1 is 0.929 bits per heavy atom. The van der Waals surface area contributed by atoms with Crippen LogP contribution in [0, 0.1) is 23.0 Å². The van der Waals surface area contributed by atoms with Gasteiger partial charge in [-0.2, -0.15) is 0 Å². The number of carbonyl (C=O) groups excluding carboxylic acids is 4. The summed E-state index contributed by atoms with van der Waals surface area (Å²) in [6.45, 7) is 1.56. The lowest BCUT2D eigenvalue weighted by molar-refractivity contribution is -0.384. The molecule has 2 aliphatic heterocycles. The van der Waals surface area contributed by atoms with Crippen LogP contribution in [-0.4, -0.2) is 42.3 Å². The quantitative estimate of drug-likeness (QED) is 0.0577. The zero-order valence-corrected chi connectivity index (χ0v) is 24.6. The number of non-ortho nitro benzene ring substituents is 1. The highest BCUT2D eigenvalue weighted by molar-refractivity contribution is 6.56. The second kappa shape index (κ2) is 11.1. The fraction of sp³-hybridized carbons (Fsp3) is 0.185. The fourth-order valence-electron chi connectivity index (χ4n) is 4.81. The minimum Gasteiger partial charge on any atom is -0.494 e. The molecule has 5 rings (SSSR count). The molecular formula is C27H17Cl4N3O8. The number of imide groups is 1. The van der Waals surface area contributed by atoms with Gasteiger partial charge in [-0.1, -0.05) is 46.4 Å². The van der Waals surface area contributed by atoms with E-state index < -0.39 is 34.5 Å². The van der Waals surface area contributed by atoms with Crippen molar-refractivity contribution < 1.29 is 33.6 Å². The van der Waals surface area contributed by atoms with E-state index in [0.717, 1.165) is 4.90 Å². The van der Waals surface area contributed by atoms with Gasteiger partial charge >= 0.3 is 5.97 Å². The maximum absolute atomic E-state index is 13.2. The first kappa shape index (κ1) is 29.6. The summed E-state index contributed by atoms with van der Waals surface area (Å²) in [5, 5.41) is 10.4. The minimum atomic E-state index is -0.840. The van der Waals surface area contributed by atoms with Crippen LogP contribution in [0.3, 0.4) is 0 Å². The number of hydrogen-bond donors (Lipinski definition) is 0. The van der Waals surface area contributed by atoms with Crippen LogP contribution in [0.4, 0.5) is 17.1 Å². The highest BCUT2D eigenvalue weighted by Gasteiger charge is 2.43. The molecule has 1 saturated heterocycles. The molecule has 0 aromatic heterocycles. The van der Waals surface area contributed by atoms with E-state index in [1.807, 2.05) is 0 Å². The molecule has 0 radical (unpaired) electrons. The Morgan fingerprint density at radius 2 is 1.52 bits per heavy atom. The fourth-order valence-corrected chi connectivity index (χ4v) is 5.83. The molecule has 15 heteroatoms. The maximum Gasteiger partial charge on any atom is 0.316 e. The van der Waals surface area contributed by atoms with Crippen LogP contribution in [0.1, 0.15) is 32.7 Å². The molecule has 3 amide bonds. The minimum absolute atomic E-state index is 0.0371. The average molecular weight is 653 g/mol. The molecule has 0 N–H and O–H groups in total. The van der Waals surface area contributed by atoms with Crippen molar-refractivity contribution in [2.24, 2.45) is 5.92 Å². The summed E-state index contributed by atoms with van der Waals surface area (Å²) in [5.74, 6) is -3.20. The van der Waals surface area contributed by atoms with Crippen molar-refractivity contribution in [1.82, 2.24) is 0 Å². The van der Waals surface area contributed by atoms with Crippen LogP contribution in [-0.2, 0) is 9.59 Å². The summed E-state index contributed by atoms with van der Waals surface area (Å²) in [5.41, 5.74) is 0.323. The molecule has 11 nitrogen and oxygen atoms in total. The molecule has 216 valence electrons. The number of methoxy groups -OCH3 is 1. The van der Waals surface area contributed by atoms with E-state index in [1.54, 1.807) is 6.92 Å². The number of benzene rings is 3. The number of nitrogens with zero attached hydrogens (tertiary/aromatic N) is 3. The second-order valence-electron chi connectivity index (χ2n) is 9.34. The summed E-state index contributed by atoms with van der Waals surface area (Å²) in [6.07, 6.45) is -0.155. The number of aryl methyl sites for hydroxylation is 1. The first-order valence-electron chi connectivity index (χ1n) is 12.1. The normalized spacial score (nSPS) is 16.2. The van der Waals surface area contributed by atoms with Crippen molar-refractivity contribution in [3.63, 3.8) is 0 Å². The summed E-state index contributed by atoms with van der Waals surface area (Å²) in [4.78, 5) is 64.8. The highest BCUT2D eigenvalue weighted by Crippen LogP contribution is 2.46. The van der Waals surface area contributed by atoms with Crippen molar-refractivity contribution in [2.75, 3.05) is 23.5 Å². The van der Waals surface area contributed by atoms with Gasteiger partial charge in [-0.3, -0.25) is 29.3 Å². The molecule has 1 fully saturated rings. The van der Waals surface area contributed by atoms with Crippen LogP contribution < -0.4 is 19.3 Å². The number of amides is 3. The van der Waals surface area contributed by atoms with Gasteiger partial charge < -0.3 is 14.4 Å². The monoisotopic (exact) mass is 651 g/mol. The molecule has 3 aromatic carbocycles. The highest BCUT2D eigenvalue weighted by atomic mass is 35.5. The molecule has 0 unspecified atom stereocenters. The third kappa shape index (κ3) is 4.82. The summed E-state index contributed by atoms with van der Waals surface area (Å²) < 4.78 is 10.7. The van der Waals surface area contributed by atoms with Crippen LogP contribution in [0.5, 0.6) is 11.5 Å². The number of hydrogen-bond acceptors (Lipinski definition) is 8. The molecule has 0 bridgehead atoms. The van der Waals surface area contributed by atoms with Crippen LogP contribution in [0.2, 0.25) is 20.1 Å². The van der Waals surface area contributed by atoms with Crippen LogP contribution in [0.25, 0.3) is 0 Å². The van der Waals surface area contributed by atoms with Crippen molar-refractivity contribution in [3.05, 3.63) is 83.3 Å². The Balaban J connectivity index is 1.34.